The van der Waals surface area contributed by atoms with Crippen LogP contribution in [0.5, 0.6) is 0 Å². The minimum atomic E-state index is -3.48. The van der Waals surface area contributed by atoms with Crippen LogP contribution in [-0.4, -0.2) is 68.0 Å². The number of sulfone groups is 1. The first-order valence-corrected chi connectivity index (χ1v) is 11.4. The molecule has 124 valence electrons. The van der Waals surface area contributed by atoms with E-state index in [1.165, 1.54) is 4.31 Å². The molecule has 2 rings (SSSR count). The van der Waals surface area contributed by atoms with E-state index in [2.05, 4.69) is 15.9 Å². The van der Waals surface area contributed by atoms with Crippen molar-refractivity contribution in [2.45, 2.75) is 43.6 Å². The second-order valence-electron chi connectivity index (χ2n) is 6.34. The maximum absolute atomic E-state index is 12.8. The molecule has 1 atom stereocenters. The number of ether oxygens (including phenoxy) is 1. The molecule has 2 saturated heterocycles. The lowest BCUT2D eigenvalue weighted by atomic mass is 10.1. The average Bonchev–Trinajstić information content (AvgIpc) is 2.36. The second kappa shape index (κ2) is 6.07. The molecule has 0 aliphatic carbocycles. The fraction of sp³-hybridized carbons (Fsp3) is 1.00. The second-order valence-corrected chi connectivity index (χ2v) is 11.5. The lowest BCUT2D eigenvalue weighted by Crippen LogP contribution is -2.57. The van der Waals surface area contributed by atoms with Gasteiger partial charge in [0.2, 0.25) is 10.0 Å². The monoisotopic (exact) mass is 403 g/mol. The van der Waals surface area contributed by atoms with Gasteiger partial charge in [-0.3, -0.25) is 0 Å². The maximum Gasteiger partial charge on any atom is 0.217 e. The van der Waals surface area contributed by atoms with Gasteiger partial charge in [0, 0.05) is 18.4 Å². The van der Waals surface area contributed by atoms with Gasteiger partial charge in [-0.2, -0.15) is 4.31 Å². The fourth-order valence-electron chi connectivity index (χ4n) is 2.89. The number of alkyl halides is 1. The van der Waals surface area contributed by atoms with Gasteiger partial charge in [-0.25, -0.2) is 16.8 Å². The first kappa shape index (κ1) is 17.7. The van der Waals surface area contributed by atoms with Crippen LogP contribution in [0.3, 0.4) is 0 Å². The third-order valence-electron chi connectivity index (χ3n) is 3.90. The van der Waals surface area contributed by atoms with Crippen molar-refractivity contribution >= 4 is 35.8 Å². The van der Waals surface area contributed by atoms with Crippen LogP contribution in [0.15, 0.2) is 0 Å². The molecule has 0 radical (unpaired) electrons. The van der Waals surface area contributed by atoms with E-state index >= 15 is 0 Å². The topological polar surface area (TPSA) is 80.8 Å². The number of rotatable bonds is 3. The number of hydrogen-bond donors (Lipinski definition) is 0. The van der Waals surface area contributed by atoms with Crippen molar-refractivity contribution in [3.8, 4) is 0 Å². The minimum absolute atomic E-state index is 0.0352. The predicted molar refractivity (Wildman–Crippen MR) is 84.9 cm³/mol. The molecule has 0 bridgehead atoms. The quantitative estimate of drug-likeness (QED) is 0.649. The van der Waals surface area contributed by atoms with Crippen LogP contribution < -0.4 is 0 Å². The highest BCUT2D eigenvalue weighted by Crippen LogP contribution is 2.29. The van der Waals surface area contributed by atoms with Crippen LogP contribution in [0, 0.1) is 0 Å². The van der Waals surface area contributed by atoms with Gasteiger partial charge >= 0.3 is 0 Å². The Kier molecular flexibility index (Phi) is 5.10. The summed E-state index contributed by atoms with van der Waals surface area (Å²) in [4.78, 5) is 0. The van der Waals surface area contributed by atoms with E-state index in [-0.39, 0.29) is 30.5 Å². The van der Waals surface area contributed by atoms with Gasteiger partial charge < -0.3 is 4.74 Å². The summed E-state index contributed by atoms with van der Waals surface area (Å²) >= 11 is 3.34. The highest BCUT2D eigenvalue weighted by Gasteiger charge is 2.43. The molecule has 21 heavy (non-hydrogen) atoms. The molecule has 0 aromatic rings. The highest BCUT2D eigenvalue weighted by molar-refractivity contribution is 9.09. The van der Waals surface area contributed by atoms with E-state index in [4.69, 9.17) is 4.74 Å². The molecule has 2 heterocycles. The van der Waals surface area contributed by atoms with Gasteiger partial charge in [-0.1, -0.05) is 15.9 Å². The third kappa shape index (κ3) is 4.19. The standard InChI is InChI=1S/C12H22BrNO5S2/c1-12(2)9-14(8-10(7-13)19-12)21(17,18)11-3-5-20(15,16)6-4-11/h10-11H,3-9H2,1-2H3. The Balaban J connectivity index is 2.15. The molecule has 0 aromatic carbocycles. The Morgan fingerprint density at radius 3 is 2.38 bits per heavy atom. The van der Waals surface area contributed by atoms with E-state index < -0.39 is 30.7 Å². The van der Waals surface area contributed by atoms with Crippen molar-refractivity contribution in [3.63, 3.8) is 0 Å². The summed E-state index contributed by atoms with van der Waals surface area (Å²) in [6, 6.07) is 0. The van der Waals surface area contributed by atoms with Gasteiger partial charge in [0.15, 0.2) is 0 Å². The SMILES string of the molecule is CC1(C)CN(S(=O)(=O)C2CCS(=O)(=O)CC2)CC(CBr)O1. The van der Waals surface area contributed by atoms with Crippen LogP contribution >= 0.6 is 15.9 Å². The Labute approximate surface area is 135 Å². The molecule has 0 aromatic heterocycles. The van der Waals surface area contributed by atoms with Crippen molar-refractivity contribution in [2.24, 2.45) is 0 Å². The van der Waals surface area contributed by atoms with E-state index in [1.54, 1.807) is 0 Å². The summed E-state index contributed by atoms with van der Waals surface area (Å²) in [6.45, 7) is 4.37. The lowest BCUT2D eigenvalue weighted by molar-refractivity contribution is -0.107. The van der Waals surface area contributed by atoms with Crippen LogP contribution in [0.1, 0.15) is 26.7 Å². The number of sulfonamides is 1. The molecule has 2 fully saturated rings. The van der Waals surface area contributed by atoms with E-state index in [0.717, 1.165) is 0 Å². The summed E-state index contributed by atoms with van der Waals surface area (Å²) in [5.41, 5.74) is -0.537. The van der Waals surface area contributed by atoms with Gasteiger partial charge in [-0.05, 0) is 26.7 Å². The average molecular weight is 404 g/mol. The first-order chi connectivity index (χ1) is 9.56. The zero-order valence-corrected chi connectivity index (χ0v) is 15.5. The molecule has 2 aliphatic heterocycles. The number of morpholine rings is 1. The number of halogens is 1. The Morgan fingerprint density at radius 2 is 1.86 bits per heavy atom. The minimum Gasteiger partial charge on any atom is -0.369 e. The maximum atomic E-state index is 12.8. The third-order valence-corrected chi connectivity index (χ3v) is 8.65. The highest BCUT2D eigenvalue weighted by atomic mass is 79.9. The molecule has 6 nitrogen and oxygen atoms in total. The molecule has 0 amide bonds. The molecule has 1 unspecified atom stereocenters. The molecule has 0 saturated carbocycles. The Bertz CT molecular complexity index is 573. The first-order valence-electron chi connectivity index (χ1n) is 6.99. The van der Waals surface area contributed by atoms with E-state index in [0.29, 0.717) is 18.4 Å². The Hall–Kier alpha value is 0.300. The van der Waals surface area contributed by atoms with E-state index in [1.807, 2.05) is 13.8 Å². The Morgan fingerprint density at radius 1 is 1.29 bits per heavy atom. The van der Waals surface area contributed by atoms with Gasteiger partial charge in [0.1, 0.15) is 9.84 Å². The lowest BCUT2D eigenvalue weighted by Gasteiger charge is -2.43. The molecule has 0 N–H and O–H groups in total. The van der Waals surface area contributed by atoms with Crippen molar-refractivity contribution in [1.82, 2.24) is 4.31 Å². The van der Waals surface area contributed by atoms with Gasteiger partial charge in [0.05, 0.1) is 28.5 Å². The normalized spacial score (nSPS) is 31.1. The summed E-state index contributed by atoms with van der Waals surface area (Å²) in [7, 11) is -6.54. The summed E-state index contributed by atoms with van der Waals surface area (Å²) in [6.07, 6.45) is 0.207. The van der Waals surface area contributed by atoms with Crippen molar-refractivity contribution in [3.05, 3.63) is 0 Å². The zero-order valence-electron chi connectivity index (χ0n) is 12.3. The molecular formula is C12H22BrNO5S2. The van der Waals surface area contributed by atoms with Crippen molar-refractivity contribution in [2.75, 3.05) is 29.9 Å². The van der Waals surface area contributed by atoms with Crippen molar-refractivity contribution < 1.29 is 21.6 Å². The smallest absolute Gasteiger partial charge is 0.217 e. The van der Waals surface area contributed by atoms with Crippen LogP contribution in [0.25, 0.3) is 0 Å². The fourth-order valence-corrected chi connectivity index (χ4v) is 7.14. The van der Waals surface area contributed by atoms with Crippen LogP contribution in [-0.2, 0) is 24.6 Å². The zero-order chi connectivity index (χ0) is 15.9. The number of hydrogen-bond acceptors (Lipinski definition) is 5. The largest absolute Gasteiger partial charge is 0.369 e. The molecular weight excluding hydrogens is 382 g/mol. The predicted octanol–water partition coefficient (Wildman–Crippen LogP) is 0.768. The van der Waals surface area contributed by atoms with Gasteiger partial charge in [-0.15, -0.1) is 0 Å². The molecule has 2 aliphatic rings. The summed E-state index contributed by atoms with van der Waals surface area (Å²) in [5, 5.41) is -0.0208. The summed E-state index contributed by atoms with van der Waals surface area (Å²) < 4.78 is 55.8. The molecule has 0 spiro atoms. The van der Waals surface area contributed by atoms with Crippen molar-refractivity contribution in [1.29, 1.82) is 0 Å². The van der Waals surface area contributed by atoms with Gasteiger partial charge in [0.25, 0.3) is 0 Å². The van der Waals surface area contributed by atoms with E-state index in [9.17, 15) is 16.8 Å². The summed E-state index contributed by atoms with van der Waals surface area (Å²) in [5.74, 6) is -0.0704. The van der Waals surface area contributed by atoms with Crippen LogP contribution in [0.2, 0.25) is 0 Å². The number of nitrogens with zero attached hydrogens (tertiary/aromatic N) is 1. The van der Waals surface area contributed by atoms with Crippen LogP contribution in [0.4, 0.5) is 0 Å². The molecule has 9 heteroatoms.